The van der Waals surface area contributed by atoms with Gasteiger partial charge < -0.3 is 22.1 Å². The van der Waals surface area contributed by atoms with Gasteiger partial charge in [0.25, 0.3) is 5.91 Å². The van der Waals surface area contributed by atoms with Crippen molar-refractivity contribution < 1.29 is 9.59 Å². The number of carbonyl (C=O) groups excluding carboxylic acids is 2. The minimum Gasteiger partial charge on any atom is -0.368 e. The van der Waals surface area contributed by atoms with Crippen LogP contribution in [0.3, 0.4) is 0 Å². The Balaban J connectivity index is 1.60. The van der Waals surface area contributed by atoms with Crippen LogP contribution in [0.4, 0.5) is 0 Å². The predicted molar refractivity (Wildman–Crippen MR) is 117 cm³/mol. The molecule has 1 aliphatic carbocycles. The molecule has 6 N–H and O–H groups in total. The molecule has 2 aromatic rings. The van der Waals surface area contributed by atoms with Crippen LogP contribution in [-0.4, -0.2) is 29.4 Å². The summed E-state index contributed by atoms with van der Waals surface area (Å²) in [4.78, 5) is 24.0. The van der Waals surface area contributed by atoms with Crippen LogP contribution < -0.4 is 22.1 Å². The predicted octanol–water partition coefficient (Wildman–Crippen LogP) is 1.66. The molecular weight excluding hydrogens is 376 g/mol. The second kappa shape index (κ2) is 9.12. The summed E-state index contributed by atoms with van der Waals surface area (Å²) in [6, 6.07) is 14.8. The molecule has 1 saturated carbocycles. The first-order valence-corrected chi connectivity index (χ1v) is 10.1. The molecule has 30 heavy (non-hydrogen) atoms. The maximum atomic E-state index is 12.4. The van der Waals surface area contributed by atoms with E-state index >= 15 is 0 Å². The van der Waals surface area contributed by atoms with E-state index in [4.69, 9.17) is 11.5 Å². The SMILES string of the molecule is CC(C)(N)C(NC(=O)c1ccc(C#Cc2ccc(CNC3CC3)cc2)cc1)C(N)=O. The summed E-state index contributed by atoms with van der Waals surface area (Å²) >= 11 is 0. The lowest BCUT2D eigenvalue weighted by Gasteiger charge is -2.28. The van der Waals surface area contributed by atoms with Gasteiger partial charge in [0, 0.05) is 34.8 Å². The number of hydrogen-bond donors (Lipinski definition) is 4. The summed E-state index contributed by atoms with van der Waals surface area (Å²) in [5.41, 5.74) is 13.7. The molecule has 0 bridgehead atoms. The third-order valence-corrected chi connectivity index (χ3v) is 4.93. The van der Waals surface area contributed by atoms with Crippen molar-refractivity contribution >= 4 is 11.8 Å². The maximum Gasteiger partial charge on any atom is 0.251 e. The number of nitrogens with two attached hydrogens (primary N) is 2. The lowest BCUT2D eigenvalue weighted by molar-refractivity contribution is -0.121. The molecule has 0 spiro atoms. The average Bonchev–Trinajstić information content (AvgIpc) is 3.53. The fourth-order valence-corrected chi connectivity index (χ4v) is 2.94. The smallest absolute Gasteiger partial charge is 0.251 e. The van der Waals surface area contributed by atoms with Gasteiger partial charge in [-0.05, 0) is 68.7 Å². The summed E-state index contributed by atoms with van der Waals surface area (Å²) in [5.74, 6) is 5.15. The zero-order chi connectivity index (χ0) is 21.7. The molecule has 1 unspecified atom stereocenters. The van der Waals surface area contributed by atoms with Crippen molar-refractivity contribution in [1.29, 1.82) is 0 Å². The van der Waals surface area contributed by atoms with E-state index in [1.807, 2.05) is 12.1 Å². The van der Waals surface area contributed by atoms with E-state index in [0.717, 1.165) is 17.7 Å². The summed E-state index contributed by atoms with van der Waals surface area (Å²) in [7, 11) is 0. The number of benzene rings is 2. The molecule has 0 aromatic heterocycles. The third kappa shape index (κ3) is 6.18. The lowest BCUT2D eigenvalue weighted by atomic mass is 9.95. The Bertz CT molecular complexity index is 959. The van der Waals surface area contributed by atoms with Gasteiger partial charge in [0.2, 0.25) is 5.91 Å². The molecule has 0 radical (unpaired) electrons. The van der Waals surface area contributed by atoms with Gasteiger partial charge in [0.1, 0.15) is 6.04 Å². The number of carbonyl (C=O) groups is 2. The number of nitrogens with one attached hydrogen (secondary N) is 2. The zero-order valence-corrected chi connectivity index (χ0v) is 17.4. The van der Waals surface area contributed by atoms with Crippen molar-refractivity contribution in [1.82, 2.24) is 10.6 Å². The molecular formula is C24H28N4O2. The normalized spacial score (nSPS) is 14.4. The molecule has 6 heteroatoms. The monoisotopic (exact) mass is 404 g/mol. The second-order valence-corrected chi connectivity index (χ2v) is 8.31. The van der Waals surface area contributed by atoms with E-state index < -0.39 is 23.4 Å². The summed E-state index contributed by atoms with van der Waals surface area (Å²) in [6.45, 7) is 4.16. The van der Waals surface area contributed by atoms with Gasteiger partial charge in [-0.3, -0.25) is 9.59 Å². The van der Waals surface area contributed by atoms with Gasteiger partial charge in [0.05, 0.1) is 0 Å². The standard InChI is InChI=1S/C24H28N4O2/c1-24(2,26)21(22(25)29)28-23(30)19-11-9-17(10-12-19)4-3-16-5-7-18(8-6-16)15-27-20-13-14-20/h5-12,20-21,27H,13-15,26H2,1-2H3,(H2,25,29)(H,28,30). The zero-order valence-electron chi connectivity index (χ0n) is 17.4. The first-order chi connectivity index (χ1) is 14.2. The Morgan fingerprint density at radius 1 is 1.03 bits per heavy atom. The number of amides is 2. The Morgan fingerprint density at radius 2 is 1.57 bits per heavy atom. The highest BCUT2D eigenvalue weighted by Crippen LogP contribution is 2.19. The molecule has 156 valence electrons. The van der Waals surface area contributed by atoms with Crippen molar-refractivity contribution in [2.24, 2.45) is 11.5 Å². The third-order valence-electron chi connectivity index (χ3n) is 4.93. The van der Waals surface area contributed by atoms with Crippen LogP contribution in [-0.2, 0) is 11.3 Å². The highest BCUT2D eigenvalue weighted by Gasteiger charge is 2.31. The molecule has 3 rings (SSSR count). The second-order valence-electron chi connectivity index (χ2n) is 8.31. The molecule has 0 saturated heterocycles. The van der Waals surface area contributed by atoms with Crippen LogP contribution in [0.15, 0.2) is 48.5 Å². The van der Waals surface area contributed by atoms with Crippen molar-refractivity contribution in [3.8, 4) is 11.8 Å². The minimum atomic E-state index is -0.966. The Morgan fingerprint density at radius 3 is 2.03 bits per heavy atom. The van der Waals surface area contributed by atoms with Crippen LogP contribution in [0.2, 0.25) is 0 Å². The quantitative estimate of drug-likeness (QED) is 0.526. The maximum absolute atomic E-state index is 12.4. The van der Waals surface area contributed by atoms with Gasteiger partial charge in [-0.15, -0.1) is 0 Å². The summed E-state index contributed by atoms with van der Waals surface area (Å²) < 4.78 is 0. The highest BCUT2D eigenvalue weighted by molar-refractivity contribution is 5.97. The fourth-order valence-electron chi connectivity index (χ4n) is 2.94. The molecule has 2 aromatic carbocycles. The Hall–Kier alpha value is -3.14. The van der Waals surface area contributed by atoms with Crippen molar-refractivity contribution in [3.05, 3.63) is 70.8 Å². The van der Waals surface area contributed by atoms with Gasteiger partial charge in [0.15, 0.2) is 0 Å². The fraction of sp³-hybridized carbons (Fsp3) is 0.333. The molecule has 1 fully saturated rings. The molecule has 0 heterocycles. The minimum absolute atomic E-state index is 0.406. The van der Waals surface area contributed by atoms with Crippen molar-refractivity contribution in [2.75, 3.05) is 0 Å². The van der Waals surface area contributed by atoms with Crippen molar-refractivity contribution in [2.45, 2.75) is 50.9 Å². The Kier molecular flexibility index (Phi) is 6.56. The summed E-state index contributed by atoms with van der Waals surface area (Å²) in [6.07, 6.45) is 2.56. The summed E-state index contributed by atoms with van der Waals surface area (Å²) in [5, 5.41) is 6.09. The van der Waals surface area contributed by atoms with Gasteiger partial charge in [-0.25, -0.2) is 0 Å². The molecule has 2 amide bonds. The van der Waals surface area contributed by atoms with Crippen LogP contribution in [0.5, 0.6) is 0 Å². The van der Waals surface area contributed by atoms with Crippen LogP contribution >= 0.6 is 0 Å². The van der Waals surface area contributed by atoms with Gasteiger partial charge in [-0.1, -0.05) is 24.0 Å². The lowest BCUT2D eigenvalue weighted by Crippen LogP contribution is -2.60. The van der Waals surface area contributed by atoms with E-state index in [1.165, 1.54) is 18.4 Å². The van der Waals surface area contributed by atoms with E-state index in [1.54, 1.807) is 38.1 Å². The first kappa shape index (κ1) is 21.6. The first-order valence-electron chi connectivity index (χ1n) is 10.1. The van der Waals surface area contributed by atoms with Crippen LogP contribution in [0, 0.1) is 11.8 Å². The van der Waals surface area contributed by atoms with E-state index in [-0.39, 0.29) is 0 Å². The van der Waals surface area contributed by atoms with Crippen LogP contribution in [0.25, 0.3) is 0 Å². The highest BCUT2D eigenvalue weighted by atomic mass is 16.2. The molecule has 0 aliphatic heterocycles. The molecule has 1 atom stereocenters. The van der Waals surface area contributed by atoms with E-state index in [9.17, 15) is 9.59 Å². The largest absolute Gasteiger partial charge is 0.368 e. The topological polar surface area (TPSA) is 110 Å². The van der Waals surface area contributed by atoms with E-state index in [0.29, 0.717) is 11.6 Å². The number of rotatable bonds is 7. The van der Waals surface area contributed by atoms with Gasteiger partial charge >= 0.3 is 0 Å². The van der Waals surface area contributed by atoms with Crippen molar-refractivity contribution in [3.63, 3.8) is 0 Å². The van der Waals surface area contributed by atoms with Crippen LogP contribution in [0.1, 0.15) is 53.7 Å². The van der Waals surface area contributed by atoms with Gasteiger partial charge in [-0.2, -0.15) is 0 Å². The number of primary amides is 1. The average molecular weight is 405 g/mol. The number of hydrogen-bond acceptors (Lipinski definition) is 4. The Labute approximate surface area is 177 Å². The molecule has 1 aliphatic rings. The molecule has 6 nitrogen and oxygen atoms in total. The van der Waals surface area contributed by atoms with E-state index in [2.05, 4.69) is 34.6 Å².